The van der Waals surface area contributed by atoms with Crippen molar-refractivity contribution in [2.45, 2.75) is 6.92 Å². The fourth-order valence-electron chi connectivity index (χ4n) is 5.37. The molecule has 1 aliphatic rings. The van der Waals surface area contributed by atoms with Crippen LogP contribution in [-0.4, -0.2) is 5.78 Å². The lowest BCUT2D eigenvalue weighted by Crippen LogP contribution is -2.20. The Labute approximate surface area is 235 Å². The van der Waals surface area contributed by atoms with E-state index in [2.05, 4.69) is 84.3 Å². The van der Waals surface area contributed by atoms with E-state index in [4.69, 9.17) is 0 Å². The number of carbonyl (C=O) groups excluding carboxylic acids is 1. The van der Waals surface area contributed by atoms with Crippen LogP contribution < -0.4 is 4.90 Å². The molecule has 40 heavy (non-hydrogen) atoms. The molecule has 0 heterocycles. The maximum absolute atomic E-state index is 13.8. The molecule has 0 N–H and O–H groups in total. The molecule has 0 amide bonds. The van der Waals surface area contributed by atoms with Gasteiger partial charge in [0.2, 0.25) is 0 Å². The predicted octanol–water partition coefficient (Wildman–Crippen LogP) is 9.90. The Balaban J connectivity index is 1.46. The van der Waals surface area contributed by atoms with Crippen LogP contribution in [0.1, 0.15) is 22.8 Å². The number of nitrogens with zero attached hydrogens (tertiary/aromatic N) is 1. The van der Waals surface area contributed by atoms with Crippen LogP contribution in [0.4, 0.5) is 11.4 Å². The first-order chi connectivity index (χ1) is 19.7. The minimum atomic E-state index is 0.000474. The molecule has 0 aliphatic heterocycles. The predicted molar refractivity (Wildman–Crippen MR) is 168 cm³/mol. The molecule has 192 valence electrons. The molecule has 2 heteroatoms. The smallest absolute Gasteiger partial charge is 0.196 e. The maximum Gasteiger partial charge on any atom is 0.196 e. The Bertz CT molecular complexity index is 1660. The second-order valence-electron chi connectivity index (χ2n) is 9.77. The fourth-order valence-corrected chi connectivity index (χ4v) is 5.37. The fraction of sp³-hybridized carbons (Fsp3) is 0.0263. The van der Waals surface area contributed by atoms with E-state index in [1.54, 1.807) is 0 Å². The van der Waals surface area contributed by atoms with Gasteiger partial charge >= 0.3 is 0 Å². The van der Waals surface area contributed by atoms with E-state index in [0.29, 0.717) is 16.8 Å². The lowest BCUT2D eigenvalue weighted by atomic mass is 10.0. The first-order valence-corrected chi connectivity index (χ1v) is 13.5. The van der Waals surface area contributed by atoms with Gasteiger partial charge in [-0.3, -0.25) is 4.79 Å². The summed E-state index contributed by atoms with van der Waals surface area (Å²) in [7, 11) is 0. The Morgan fingerprint density at radius 1 is 0.575 bits per heavy atom. The van der Waals surface area contributed by atoms with E-state index in [1.807, 2.05) is 79.7 Å². The van der Waals surface area contributed by atoms with Crippen molar-refractivity contribution in [1.29, 1.82) is 0 Å². The summed E-state index contributed by atoms with van der Waals surface area (Å²) in [6.07, 6.45) is 3.99. The van der Waals surface area contributed by atoms with Crippen molar-refractivity contribution in [3.63, 3.8) is 0 Å². The summed E-state index contributed by atoms with van der Waals surface area (Å²) in [5.41, 5.74) is 10.3. The van der Waals surface area contributed by atoms with Gasteiger partial charge in [-0.1, -0.05) is 128 Å². The minimum absolute atomic E-state index is 0.000474. The number of allylic oxidation sites excluding steroid dienone is 4. The molecule has 5 aromatic rings. The topological polar surface area (TPSA) is 20.3 Å². The third-order valence-corrected chi connectivity index (χ3v) is 7.32. The molecule has 0 saturated carbocycles. The van der Waals surface area contributed by atoms with Crippen LogP contribution in [-0.2, 0) is 0 Å². The normalized spacial score (nSPS) is 12.6. The summed E-state index contributed by atoms with van der Waals surface area (Å²) >= 11 is 0. The third kappa shape index (κ3) is 4.61. The monoisotopic (exact) mass is 515 g/mol. The molecule has 1 aliphatic carbocycles. The Morgan fingerprint density at radius 3 is 1.48 bits per heavy atom. The quantitative estimate of drug-likeness (QED) is 0.215. The molecule has 0 spiro atoms. The van der Waals surface area contributed by atoms with E-state index in [-0.39, 0.29) is 5.78 Å². The molecule has 0 saturated heterocycles. The molecular weight excluding hydrogens is 486 g/mol. The van der Waals surface area contributed by atoms with Crippen LogP contribution in [0, 0.1) is 0 Å². The molecule has 0 aromatic heterocycles. The van der Waals surface area contributed by atoms with Gasteiger partial charge in [0.25, 0.3) is 0 Å². The van der Waals surface area contributed by atoms with Crippen molar-refractivity contribution < 1.29 is 4.79 Å². The van der Waals surface area contributed by atoms with Gasteiger partial charge in [-0.25, -0.2) is 0 Å². The number of rotatable bonds is 7. The van der Waals surface area contributed by atoms with Gasteiger partial charge in [0.1, 0.15) is 0 Å². The van der Waals surface area contributed by atoms with Crippen molar-refractivity contribution in [2.24, 2.45) is 0 Å². The van der Waals surface area contributed by atoms with Crippen LogP contribution in [0.15, 0.2) is 163 Å². The summed E-state index contributed by atoms with van der Waals surface area (Å²) in [4.78, 5) is 15.9. The van der Waals surface area contributed by atoms with E-state index in [0.717, 1.165) is 44.8 Å². The lowest BCUT2D eigenvalue weighted by Gasteiger charge is -2.28. The van der Waals surface area contributed by atoms with Gasteiger partial charge in [-0.2, -0.15) is 0 Å². The molecule has 0 fully saturated rings. The van der Waals surface area contributed by atoms with Gasteiger partial charge < -0.3 is 4.90 Å². The highest BCUT2D eigenvalue weighted by Gasteiger charge is 2.32. The van der Waals surface area contributed by atoms with Crippen LogP contribution in [0.2, 0.25) is 0 Å². The number of carbonyl (C=O) groups is 1. The van der Waals surface area contributed by atoms with Gasteiger partial charge in [-0.15, -0.1) is 0 Å². The lowest BCUT2D eigenvalue weighted by molar-refractivity contribution is 0.104. The van der Waals surface area contributed by atoms with Crippen LogP contribution in [0.25, 0.3) is 27.8 Å². The van der Waals surface area contributed by atoms with E-state index < -0.39 is 0 Å². The largest absolute Gasteiger partial charge is 0.310 e. The summed E-state index contributed by atoms with van der Waals surface area (Å²) in [5, 5.41) is 0. The number of benzene rings is 5. The van der Waals surface area contributed by atoms with Crippen LogP contribution in [0.5, 0.6) is 0 Å². The van der Waals surface area contributed by atoms with Gasteiger partial charge in [-0.05, 0) is 64.6 Å². The van der Waals surface area contributed by atoms with Crippen molar-refractivity contribution in [1.82, 2.24) is 0 Å². The summed E-state index contributed by atoms with van der Waals surface area (Å²) in [5.74, 6) is 0.000474. The van der Waals surface area contributed by atoms with Gasteiger partial charge in [0.05, 0.1) is 11.3 Å². The highest BCUT2D eigenvalue weighted by molar-refractivity contribution is 6.25. The molecule has 0 atom stereocenters. The van der Waals surface area contributed by atoms with Crippen molar-refractivity contribution >= 4 is 22.7 Å². The second-order valence-corrected chi connectivity index (χ2v) is 9.77. The number of anilines is 2. The average Bonchev–Trinajstić information content (AvgIpc) is 3.30. The van der Waals surface area contributed by atoms with Crippen molar-refractivity contribution in [3.05, 3.63) is 175 Å². The summed E-state index contributed by atoms with van der Waals surface area (Å²) in [6, 6.07) is 45.3. The number of fused-ring (bicyclic) bond motifs is 1. The Morgan fingerprint density at radius 2 is 1.00 bits per heavy atom. The zero-order valence-corrected chi connectivity index (χ0v) is 22.4. The molecule has 5 aromatic carbocycles. The van der Waals surface area contributed by atoms with Crippen molar-refractivity contribution in [3.8, 4) is 22.3 Å². The second kappa shape index (κ2) is 10.9. The van der Waals surface area contributed by atoms with Gasteiger partial charge in [0.15, 0.2) is 5.78 Å². The number of ketones is 1. The zero-order valence-electron chi connectivity index (χ0n) is 22.4. The van der Waals surface area contributed by atoms with E-state index >= 15 is 0 Å². The first-order valence-electron chi connectivity index (χ1n) is 13.5. The van der Waals surface area contributed by atoms with Crippen LogP contribution >= 0.6 is 0 Å². The Hall–Kier alpha value is -5.21. The maximum atomic E-state index is 13.8. The SMILES string of the molecule is C=C(C1=C(/C=C\C)c2ccccc2C1=O)N(c1ccc(-c2ccccc2)cc1)c1ccc(-c2ccccc2)cc1. The summed E-state index contributed by atoms with van der Waals surface area (Å²) < 4.78 is 0. The number of hydrogen-bond donors (Lipinski definition) is 0. The first kappa shape index (κ1) is 25.1. The highest BCUT2D eigenvalue weighted by Crippen LogP contribution is 2.42. The zero-order chi connectivity index (χ0) is 27.5. The Kier molecular flexibility index (Phi) is 6.82. The summed E-state index contributed by atoms with van der Waals surface area (Å²) in [6.45, 7) is 6.50. The van der Waals surface area contributed by atoms with Crippen molar-refractivity contribution in [2.75, 3.05) is 4.90 Å². The molecule has 0 bridgehead atoms. The molecule has 6 rings (SSSR count). The molecule has 2 nitrogen and oxygen atoms in total. The number of Topliss-reactive ketones (excluding diaryl/α,β-unsaturated/α-hetero) is 1. The highest BCUT2D eigenvalue weighted by atomic mass is 16.1. The standard InChI is InChI=1S/C38H29NO/c1-3-12-35-34-17-10-11-18-36(34)38(40)37(35)27(2)39(32-23-19-30(20-24-32)28-13-6-4-7-14-28)33-25-21-31(22-26-33)29-15-8-5-9-16-29/h3-26H,2H2,1H3/b12-3-. The van der Waals surface area contributed by atoms with Crippen LogP contribution in [0.3, 0.4) is 0 Å². The van der Waals surface area contributed by atoms with Gasteiger partial charge in [0, 0.05) is 16.9 Å². The molecular formula is C38H29NO. The third-order valence-electron chi connectivity index (χ3n) is 7.32. The molecule has 0 radical (unpaired) electrons. The van der Waals surface area contributed by atoms with E-state index in [1.165, 1.54) is 0 Å². The van der Waals surface area contributed by atoms with E-state index in [9.17, 15) is 4.79 Å². The molecule has 0 unspecified atom stereocenters. The minimum Gasteiger partial charge on any atom is -0.310 e. The average molecular weight is 516 g/mol. The number of hydrogen-bond acceptors (Lipinski definition) is 2.